The van der Waals surface area contributed by atoms with E-state index in [0.29, 0.717) is 17.9 Å². The molecule has 0 unspecified atom stereocenters. The molecule has 0 bridgehead atoms. The number of rotatable bonds is 4. The van der Waals surface area contributed by atoms with Crippen LogP contribution in [0.3, 0.4) is 0 Å². The van der Waals surface area contributed by atoms with E-state index in [-0.39, 0.29) is 11.7 Å². The summed E-state index contributed by atoms with van der Waals surface area (Å²) < 4.78 is 14.7. The molecule has 3 rings (SSSR count). The van der Waals surface area contributed by atoms with Gasteiger partial charge in [0.1, 0.15) is 11.5 Å². The van der Waals surface area contributed by atoms with E-state index in [1.54, 1.807) is 29.1 Å². The Kier molecular flexibility index (Phi) is 3.92. The van der Waals surface area contributed by atoms with Gasteiger partial charge in [-0.1, -0.05) is 0 Å². The fourth-order valence-electron chi connectivity index (χ4n) is 2.20. The van der Waals surface area contributed by atoms with Gasteiger partial charge in [0.25, 0.3) is 5.91 Å². The van der Waals surface area contributed by atoms with E-state index < -0.39 is 0 Å². The van der Waals surface area contributed by atoms with Gasteiger partial charge in [-0.25, -0.2) is 4.39 Å². The summed E-state index contributed by atoms with van der Waals surface area (Å²) in [5.74, 6) is -0.566. The molecule has 0 spiro atoms. The highest BCUT2D eigenvalue weighted by Crippen LogP contribution is 2.18. The summed E-state index contributed by atoms with van der Waals surface area (Å²) in [6, 6.07) is 7.58. The average Bonchev–Trinajstić information content (AvgIpc) is 3.15. The zero-order valence-electron chi connectivity index (χ0n) is 12.8. The molecule has 0 saturated heterocycles. The number of H-pyrrole nitrogens is 1. The number of carbonyl (C=O) groups is 1. The minimum absolute atomic E-state index is 0.255. The number of aromatic nitrogens is 4. The molecule has 0 aliphatic heterocycles. The number of benzene rings is 1. The van der Waals surface area contributed by atoms with Crippen LogP contribution in [0.25, 0.3) is 11.3 Å². The molecule has 7 heteroatoms. The molecule has 1 aromatic carbocycles. The topological polar surface area (TPSA) is 75.6 Å². The van der Waals surface area contributed by atoms with Crippen molar-refractivity contribution < 1.29 is 9.18 Å². The number of aryl methyl sites for hydroxylation is 1. The zero-order valence-corrected chi connectivity index (χ0v) is 12.8. The molecule has 118 valence electrons. The lowest BCUT2D eigenvalue weighted by Crippen LogP contribution is -2.23. The van der Waals surface area contributed by atoms with Crippen LogP contribution in [0.15, 0.2) is 36.5 Å². The van der Waals surface area contributed by atoms with Crippen molar-refractivity contribution >= 4 is 5.91 Å². The monoisotopic (exact) mass is 313 g/mol. The molecular formula is C16H16FN5O. The van der Waals surface area contributed by atoms with E-state index in [1.807, 2.05) is 14.0 Å². The molecule has 3 aromatic rings. The number of carbonyl (C=O) groups excluding carboxylic acids is 1. The van der Waals surface area contributed by atoms with Gasteiger partial charge in [0, 0.05) is 30.4 Å². The number of nitrogens with zero attached hydrogens (tertiary/aromatic N) is 3. The molecule has 6 nitrogen and oxygen atoms in total. The Morgan fingerprint density at radius 2 is 2.09 bits per heavy atom. The summed E-state index contributed by atoms with van der Waals surface area (Å²) in [4.78, 5) is 12.2. The number of nitrogens with one attached hydrogen (secondary N) is 2. The second-order valence-electron chi connectivity index (χ2n) is 5.24. The number of hydrogen-bond donors (Lipinski definition) is 2. The van der Waals surface area contributed by atoms with Crippen molar-refractivity contribution in [2.45, 2.75) is 13.5 Å². The first-order valence-corrected chi connectivity index (χ1v) is 7.11. The van der Waals surface area contributed by atoms with Gasteiger partial charge in [-0.15, -0.1) is 0 Å². The maximum atomic E-state index is 12.9. The summed E-state index contributed by atoms with van der Waals surface area (Å²) in [5, 5.41) is 13.7. The van der Waals surface area contributed by atoms with Crippen LogP contribution in [0.4, 0.5) is 4.39 Å². The molecule has 23 heavy (non-hydrogen) atoms. The molecule has 1 amide bonds. The van der Waals surface area contributed by atoms with Crippen LogP contribution in [0.5, 0.6) is 0 Å². The van der Waals surface area contributed by atoms with Crippen LogP contribution < -0.4 is 5.32 Å². The van der Waals surface area contributed by atoms with Crippen LogP contribution >= 0.6 is 0 Å². The van der Waals surface area contributed by atoms with Crippen LogP contribution in [0, 0.1) is 12.7 Å². The van der Waals surface area contributed by atoms with Crippen LogP contribution in [0.2, 0.25) is 0 Å². The van der Waals surface area contributed by atoms with Gasteiger partial charge in [-0.3, -0.25) is 14.6 Å². The minimum atomic E-state index is -0.311. The van der Waals surface area contributed by atoms with Crippen molar-refractivity contribution in [1.29, 1.82) is 0 Å². The lowest BCUT2D eigenvalue weighted by molar-refractivity contribution is 0.0946. The predicted molar refractivity (Wildman–Crippen MR) is 83.1 cm³/mol. The number of hydrogen-bond acceptors (Lipinski definition) is 3. The summed E-state index contributed by atoms with van der Waals surface area (Å²) in [7, 11) is 1.85. The predicted octanol–water partition coefficient (Wildman–Crippen LogP) is 2.19. The number of halogens is 1. The van der Waals surface area contributed by atoms with Crippen molar-refractivity contribution in [3.05, 3.63) is 59.3 Å². The molecule has 0 radical (unpaired) electrons. The highest BCUT2D eigenvalue weighted by atomic mass is 19.1. The smallest absolute Gasteiger partial charge is 0.269 e. The molecular weight excluding hydrogens is 297 g/mol. The van der Waals surface area contributed by atoms with E-state index >= 15 is 0 Å². The Morgan fingerprint density at radius 3 is 2.74 bits per heavy atom. The normalized spacial score (nSPS) is 10.7. The summed E-state index contributed by atoms with van der Waals surface area (Å²) in [6.45, 7) is 2.33. The lowest BCUT2D eigenvalue weighted by Gasteiger charge is -2.03. The van der Waals surface area contributed by atoms with Gasteiger partial charge < -0.3 is 5.32 Å². The minimum Gasteiger partial charge on any atom is -0.347 e. The molecule has 0 saturated carbocycles. The Labute approximate surface area is 132 Å². The van der Waals surface area contributed by atoms with Gasteiger partial charge in [-0.05, 0) is 37.3 Å². The third kappa shape index (κ3) is 3.13. The van der Waals surface area contributed by atoms with E-state index in [1.165, 1.54) is 12.1 Å². The lowest BCUT2D eigenvalue weighted by atomic mass is 10.1. The SMILES string of the molecule is Cc1c(CNC(=O)c2cc(-c3ccc(F)cc3)n[nH]2)cnn1C. The quantitative estimate of drug-likeness (QED) is 0.775. The largest absolute Gasteiger partial charge is 0.347 e. The molecule has 2 heterocycles. The first-order valence-electron chi connectivity index (χ1n) is 7.11. The third-order valence-corrected chi connectivity index (χ3v) is 3.74. The fourth-order valence-corrected chi connectivity index (χ4v) is 2.20. The van der Waals surface area contributed by atoms with Gasteiger partial charge in [0.05, 0.1) is 11.9 Å². The zero-order chi connectivity index (χ0) is 16.4. The van der Waals surface area contributed by atoms with Crippen LogP contribution in [0.1, 0.15) is 21.7 Å². The third-order valence-electron chi connectivity index (χ3n) is 3.74. The number of aromatic amines is 1. The van der Waals surface area contributed by atoms with E-state index in [4.69, 9.17) is 0 Å². The maximum absolute atomic E-state index is 12.9. The van der Waals surface area contributed by atoms with E-state index in [0.717, 1.165) is 16.8 Å². The molecule has 0 fully saturated rings. The molecule has 2 N–H and O–H groups in total. The average molecular weight is 313 g/mol. The molecule has 0 aliphatic carbocycles. The van der Waals surface area contributed by atoms with Crippen molar-refractivity contribution in [3.8, 4) is 11.3 Å². The van der Waals surface area contributed by atoms with Crippen LogP contribution in [-0.2, 0) is 13.6 Å². The Bertz CT molecular complexity index is 835. The van der Waals surface area contributed by atoms with Gasteiger partial charge >= 0.3 is 0 Å². The van der Waals surface area contributed by atoms with Gasteiger partial charge in [-0.2, -0.15) is 10.2 Å². The molecule has 2 aromatic heterocycles. The van der Waals surface area contributed by atoms with Gasteiger partial charge in [0.15, 0.2) is 0 Å². The summed E-state index contributed by atoms with van der Waals surface area (Å²) >= 11 is 0. The van der Waals surface area contributed by atoms with Gasteiger partial charge in [0.2, 0.25) is 0 Å². The Hall–Kier alpha value is -2.96. The van der Waals surface area contributed by atoms with Crippen LogP contribution in [-0.4, -0.2) is 25.9 Å². The highest BCUT2D eigenvalue weighted by Gasteiger charge is 2.12. The second-order valence-corrected chi connectivity index (χ2v) is 5.24. The first kappa shape index (κ1) is 15.0. The Morgan fingerprint density at radius 1 is 1.35 bits per heavy atom. The molecule has 0 aliphatic rings. The Balaban J connectivity index is 1.69. The summed E-state index contributed by atoms with van der Waals surface area (Å²) in [5.41, 5.74) is 3.64. The van der Waals surface area contributed by atoms with Crippen molar-refractivity contribution in [1.82, 2.24) is 25.3 Å². The van der Waals surface area contributed by atoms with E-state index in [9.17, 15) is 9.18 Å². The molecule has 0 atom stereocenters. The van der Waals surface area contributed by atoms with Crippen molar-refractivity contribution in [3.63, 3.8) is 0 Å². The highest BCUT2D eigenvalue weighted by molar-refractivity contribution is 5.93. The maximum Gasteiger partial charge on any atom is 0.269 e. The summed E-state index contributed by atoms with van der Waals surface area (Å²) in [6.07, 6.45) is 1.73. The number of amides is 1. The van der Waals surface area contributed by atoms with E-state index in [2.05, 4.69) is 20.6 Å². The van der Waals surface area contributed by atoms with Crippen molar-refractivity contribution in [2.75, 3.05) is 0 Å². The fraction of sp³-hybridized carbons (Fsp3) is 0.188. The standard InChI is InChI=1S/C16H16FN5O/c1-10-12(9-19-22(10)2)8-18-16(23)15-7-14(20-21-15)11-3-5-13(17)6-4-11/h3-7,9H,8H2,1-2H3,(H,18,23)(H,20,21). The first-order chi connectivity index (χ1) is 11.0. The van der Waals surface area contributed by atoms with Crippen molar-refractivity contribution in [2.24, 2.45) is 7.05 Å². The second kappa shape index (κ2) is 6.04.